The SMILES string of the molecule is COC(=O)c1ccc(CN2CCNCC2)cc1F. The largest absolute Gasteiger partial charge is 0.465 e. The highest BCUT2D eigenvalue weighted by Crippen LogP contribution is 2.13. The summed E-state index contributed by atoms with van der Waals surface area (Å²) in [6, 6.07) is 4.67. The van der Waals surface area contributed by atoms with Crippen LogP contribution in [0.25, 0.3) is 0 Å². The van der Waals surface area contributed by atoms with Gasteiger partial charge in [0.2, 0.25) is 0 Å². The molecule has 0 atom stereocenters. The van der Waals surface area contributed by atoms with Gasteiger partial charge in [0.1, 0.15) is 5.82 Å². The van der Waals surface area contributed by atoms with Crippen LogP contribution in [0.1, 0.15) is 15.9 Å². The normalized spacial score (nSPS) is 16.6. The van der Waals surface area contributed by atoms with E-state index in [-0.39, 0.29) is 5.56 Å². The summed E-state index contributed by atoms with van der Waals surface area (Å²) in [6.07, 6.45) is 0. The first-order valence-electron chi connectivity index (χ1n) is 6.00. The second kappa shape index (κ2) is 5.93. The van der Waals surface area contributed by atoms with Crippen molar-refractivity contribution in [3.63, 3.8) is 0 Å². The molecule has 2 rings (SSSR count). The molecule has 0 aromatic heterocycles. The van der Waals surface area contributed by atoms with Crippen LogP contribution in [-0.2, 0) is 11.3 Å². The van der Waals surface area contributed by atoms with E-state index in [1.165, 1.54) is 19.2 Å². The topological polar surface area (TPSA) is 41.6 Å². The van der Waals surface area contributed by atoms with Crippen molar-refractivity contribution in [3.8, 4) is 0 Å². The third-order valence-corrected chi connectivity index (χ3v) is 3.05. The minimum Gasteiger partial charge on any atom is -0.465 e. The number of hydrogen-bond acceptors (Lipinski definition) is 4. The van der Waals surface area contributed by atoms with Crippen molar-refractivity contribution < 1.29 is 13.9 Å². The third-order valence-electron chi connectivity index (χ3n) is 3.05. The van der Waals surface area contributed by atoms with Crippen molar-refractivity contribution in [1.29, 1.82) is 0 Å². The molecule has 0 saturated carbocycles. The summed E-state index contributed by atoms with van der Waals surface area (Å²) in [6.45, 7) is 4.55. The van der Waals surface area contributed by atoms with E-state index in [9.17, 15) is 9.18 Å². The standard InChI is InChI=1S/C13H17FN2O2/c1-18-13(17)11-3-2-10(8-12(11)14)9-16-6-4-15-5-7-16/h2-3,8,15H,4-7,9H2,1H3. The molecule has 1 aliphatic rings. The number of nitrogens with one attached hydrogen (secondary N) is 1. The minimum absolute atomic E-state index is 0.0124. The van der Waals surface area contributed by atoms with E-state index >= 15 is 0 Å². The fourth-order valence-corrected chi connectivity index (χ4v) is 2.06. The van der Waals surface area contributed by atoms with Gasteiger partial charge in [0, 0.05) is 32.7 Å². The van der Waals surface area contributed by atoms with Crippen LogP contribution in [0.4, 0.5) is 4.39 Å². The van der Waals surface area contributed by atoms with Gasteiger partial charge in [-0.15, -0.1) is 0 Å². The molecule has 5 heteroatoms. The highest BCUT2D eigenvalue weighted by atomic mass is 19.1. The number of carbonyl (C=O) groups is 1. The van der Waals surface area contributed by atoms with Crippen LogP contribution in [0, 0.1) is 5.82 Å². The Morgan fingerprint density at radius 1 is 1.44 bits per heavy atom. The maximum Gasteiger partial charge on any atom is 0.340 e. The predicted molar refractivity (Wildman–Crippen MR) is 65.9 cm³/mol. The number of hydrogen-bond donors (Lipinski definition) is 1. The number of halogens is 1. The summed E-state index contributed by atoms with van der Waals surface area (Å²) < 4.78 is 18.2. The second-order valence-corrected chi connectivity index (χ2v) is 4.33. The Bertz CT molecular complexity index is 431. The second-order valence-electron chi connectivity index (χ2n) is 4.33. The Balaban J connectivity index is 2.06. The van der Waals surface area contributed by atoms with Gasteiger partial charge < -0.3 is 10.1 Å². The smallest absolute Gasteiger partial charge is 0.340 e. The average molecular weight is 252 g/mol. The first kappa shape index (κ1) is 13.0. The van der Waals surface area contributed by atoms with Crippen molar-refractivity contribution >= 4 is 5.97 Å². The summed E-state index contributed by atoms with van der Waals surface area (Å²) in [5.41, 5.74) is 0.864. The Morgan fingerprint density at radius 3 is 2.78 bits per heavy atom. The van der Waals surface area contributed by atoms with Gasteiger partial charge in [-0.05, 0) is 17.7 Å². The molecule has 4 nitrogen and oxygen atoms in total. The maximum absolute atomic E-state index is 13.7. The lowest BCUT2D eigenvalue weighted by Crippen LogP contribution is -2.42. The summed E-state index contributed by atoms with van der Waals surface area (Å²) >= 11 is 0. The van der Waals surface area contributed by atoms with Crippen molar-refractivity contribution in [2.24, 2.45) is 0 Å². The molecular formula is C13H17FN2O2. The zero-order chi connectivity index (χ0) is 13.0. The molecule has 0 aliphatic carbocycles. The van der Waals surface area contributed by atoms with Crippen molar-refractivity contribution in [1.82, 2.24) is 10.2 Å². The first-order chi connectivity index (χ1) is 8.70. The van der Waals surface area contributed by atoms with Crippen molar-refractivity contribution in [2.45, 2.75) is 6.54 Å². The van der Waals surface area contributed by atoms with Crippen LogP contribution < -0.4 is 5.32 Å². The van der Waals surface area contributed by atoms with Crippen molar-refractivity contribution in [2.75, 3.05) is 33.3 Å². The highest BCUT2D eigenvalue weighted by Gasteiger charge is 2.14. The molecule has 1 aliphatic heterocycles. The predicted octanol–water partition coefficient (Wildman–Crippen LogP) is 1.02. The number of carbonyl (C=O) groups excluding carboxylic acids is 1. The van der Waals surface area contributed by atoms with Crippen LogP contribution in [0.3, 0.4) is 0 Å². The van der Waals surface area contributed by atoms with Gasteiger partial charge in [0.05, 0.1) is 12.7 Å². The molecule has 0 amide bonds. The Labute approximate surface area is 106 Å². The molecule has 0 spiro atoms. The van der Waals surface area contributed by atoms with E-state index in [0.717, 1.165) is 31.7 Å². The van der Waals surface area contributed by atoms with Gasteiger partial charge in [0.15, 0.2) is 0 Å². The van der Waals surface area contributed by atoms with Gasteiger partial charge in [-0.1, -0.05) is 6.07 Å². The van der Waals surface area contributed by atoms with Crippen LogP contribution in [-0.4, -0.2) is 44.2 Å². The molecule has 1 aromatic carbocycles. The van der Waals surface area contributed by atoms with Crippen LogP contribution >= 0.6 is 0 Å². The summed E-state index contributed by atoms with van der Waals surface area (Å²) in [7, 11) is 1.25. The average Bonchev–Trinajstić information content (AvgIpc) is 2.39. The van der Waals surface area contributed by atoms with Crippen LogP contribution in [0.2, 0.25) is 0 Å². The number of methoxy groups -OCH3 is 1. The molecule has 98 valence electrons. The summed E-state index contributed by atoms with van der Waals surface area (Å²) in [5.74, 6) is -1.16. The number of rotatable bonds is 3. The molecular weight excluding hydrogens is 235 g/mol. The Morgan fingerprint density at radius 2 is 2.17 bits per heavy atom. The van der Waals surface area contributed by atoms with E-state index in [4.69, 9.17) is 0 Å². The molecule has 1 saturated heterocycles. The molecule has 1 fully saturated rings. The molecule has 0 bridgehead atoms. The third kappa shape index (κ3) is 3.05. The zero-order valence-electron chi connectivity index (χ0n) is 10.4. The summed E-state index contributed by atoms with van der Waals surface area (Å²) in [5, 5.41) is 3.27. The first-order valence-corrected chi connectivity index (χ1v) is 6.00. The maximum atomic E-state index is 13.7. The lowest BCUT2D eigenvalue weighted by atomic mass is 10.1. The highest BCUT2D eigenvalue weighted by molar-refractivity contribution is 5.89. The van der Waals surface area contributed by atoms with E-state index in [0.29, 0.717) is 6.54 Å². The van der Waals surface area contributed by atoms with Crippen LogP contribution in [0.15, 0.2) is 18.2 Å². The van der Waals surface area contributed by atoms with Gasteiger partial charge >= 0.3 is 5.97 Å². The molecule has 1 aromatic rings. The fourth-order valence-electron chi connectivity index (χ4n) is 2.06. The van der Waals surface area contributed by atoms with Gasteiger partial charge in [-0.2, -0.15) is 0 Å². The number of ether oxygens (including phenoxy) is 1. The van der Waals surface area contributed by atoms with Crippen molar-refractivity contribution in [3.05, 3.63) is 35.1 Å². The number of benzene rings is 1. The monoisotopic (exact) mass is 252 g/mol. The lowest BCUT2D eigenvalue weighted by molar-refractivity contribution is 0.0595. The van der Waals surface area contributed by atoms with E-state index in [1.807, 2.05) is 0 Å². The number of nitrogens with zero attached hydrogens (tertiary/aromatic N) is 1. The number of esters is 1. The van der Waals surface area contributed by atoms with E-state index < -0.39 is 11.8 Å². The Hall–Kier alpha value is -1.46. The fraction of sp³-hybridized carbons (Fsp3) is 0.462. The minimum atomic E-state index is -0.638. The van der Waals surface area contributed by atoms with Gasteiger partial charge in [-0.25, -0.2) is 9.18 Å². The Kier molecular flexibility index (Phi) is 4.28. The number of piperazine rings is 1. The molecule has 0 unspecified atom stereocenters. The van der Waals surface area contributed by atoms with Gasteiger partial charge in [-0.3, -0.25) is 4.90 Å². The van der Waals surface area contributed by atoms with Crippen LogP contribution in [0.5, 0.6) is 0 Å². The van der Waals surface area contributed by atoms with E-state index in [1.54, 1.807) is 6.07 Å². The zero-order valence-corrected chi connectivity index (χ0v) is 10.4. The molecule has 1 N–H and O–H groups in total. The molecule has 1 heterocycles. The lowest BCUT2D eigenvalue weighted by Gasteiger charge is -2.27. The van der Waals surface area contributed by atoms with E-state index in [2.05, 4.69) is 15.0 Å². The summed E-state index contributed by atoms with van der Waals surface area (Å²) in [4.78, 5) is 13.5. The quantitative estimate of drug-likeness (QED) is 0.815. The molecule has 18 heavy (non-hydrogen) atoms. The molecule has 0 radical (unpaired) electrons. The van der Waals surface area contributed by atoms with Gasteiger partial charge in [0.25, 0.3) is 0 Å².